The fourth-order valence-electron chi connectivity index (χ4n) is 2.90. The molecule has 0 spiro atoms. The molecule has 8 heteroatoms. The van der Waals surface area contributed by atoms with Crippen LogP contribution in [0.2, 0.25) is 0 Å². The minimum Gasteiger partial charge on any atom is -0.392 e. The molecule has 2 aromatic rings. The number of allylic oxidation sites excluding steroid dienone is 2. The van der Waals surface area contributed by atoms with Crippen molar-refractivity contribution in [1.82, 2.24) is 9.97 Å². The van der Waals surface area contributed by atoms with Gasteiger partial charge in [-0.05, 0) is 30.7 Å². The number of rotatable bonds is 4. The fraction of sp³-hybridized carbons (Fsp3) is 0.294. The van der Waals surface area contributed by atoms with Gasteiger partial charge in [0.25, 0.3) is 0 Å². The summed E-state index contributed by atoms with van der Waals surface area (Å²) >= 11 is 2.78. The van der Waals surface area contributed by atoms with E-state index in [1.54, 1.807) is 0 Å². The average molecular weight is 368 g/mol. The smallest absolute Gasteiger partial charge is 0.232 e. The lowest BCUT2D eigenvalue weighted by Crippen LogP contribution is -2.08. The molecule has 25 heavy (non-hydrogen) atoms. The van der Waals surface area contributed by atoms with Gasteiger partial charge in [0.15, 0.2) is 5.13 Å². The van der Waals surface area contributed by atoms with E-state index in [-0.39, 0.29) is 11.7 Å². The summed E-state index contributed by atoms with van der Waals surface area (Å²) in [6.07, 6.45) is 6.89. The van der Waals surface area contributed by atoms with Crippen molar-refractivity contribution in [2.45, 2.75) is 36.0 Å². The summed E-state index contributed by atoms with van der Waals surface area (Å²) in [7, 11) is 0. The van der Waals surface area contributed by atoms with Gasteiger partial charge in [-0.15, -0.1) is 11.3 Å². The number of nitriles is 1. The maximum Gasteiger partial charge on any atom is 0.232 e. The Balaban J connectivity index is 2.01. The Morgan fingerprint density at radius 3 is 2.84 bits per heavy atom. The third kappa shape index (κ3) is 3.60. The normalized spacial score (nSPS) is 16.3. The van der Waals surface area contributed by atoms with Crippen molar-refractivity contribution in [2.75, 3.05) is 11.5 Å². The van der Waals surface area contributed by atoms with Gasteiger partial charge in [-0.25, -0.2) is 14.8 Å². The lowest BCUT2D eigenvalue weighted by Gasteiger charge is -2.22. The first-order valence-corrected chi connectivity index (χ1v) is 9.59. The van der Waals surface area contributed by atoms with Crippen molar-refractivity contribution in [3.8, 4) is 6.07 Å². The number of hydrogen-bond donors (Lipinski definition) is 2. The molecular formula is C17H16N6S2. The van der Waals surface area contributed by atoms with Crippen LogP contribution in [0.4, 0.5) is 16.6 Å². The Hall–Kier alpha value is -2.55. The molecule has 0 saturated heterocycles. The summed E-state index contributed by atoms with van der Waals surface area (Å²) in [6, 6.07) is 2.26. The highest BCUT2D eigenvalue weighted by Crippen LogP contribution is 2.43. The molecular weight excluding hydrogens is 352 g/mol. The van der Waals surface area contributed by atoms with E-state index in [4.69, 9.17) is 18.0 Å². The van der Waals surface area contributed by atoms with E-state index in [2.05, 4.69) is 33.0 Å². The van der Waals surface area contributed by atoms with E-state index >= 15 is 0 Å². The van der Waals surface area contributed by atoms with Crippen LogP contribution in [0.3, 0.4) is 0 Å². The average Bonchev–Trinajstić information content (AvgIpc) is 3.05. The van der Waals surface area contributed by atoms with Crippen molar-refractivity contribution < 1.29 is 0 Å². The van der Waals surface area contributed by atoms with Crippen molar-refractivity contribution in [1.29, 1.82) is 5.26 Å². The quantitative estimate of drug-likeness (QED) is 0.475. The maximum absolute atomic E-state index is 9.74. The van der Waals surface area contributed by atoms with Crippen LogP contribution in [0.25, 0.3) is 4.85 Å². The molecule has 1 aliphatic rings. The van der Waals surface area contributed by atoms with Crippen LogP contribution >= 0.6 is 23.1 Å². The molecule has 2 heterocycles. The van der Waals surface area contributed by atoms with Crippen LogP contribution in [0, 0.1) is 17.9 Å². The lowest BCUT2D eigenvalue weighted by molar-refractivity contribution is 0.615. The van der Waals surface area contributed by atoms with E-state index in [9.17, 15) is 5.26 Å². The highest BCUT2D eigenvalue weighted by molar-refractivity contribution is 7.98. The summed E-state index contributed by atoms with van der Waals surface area (Å²) in [5.74, 6) is 0.873. The number of nitrogens with two attached hydrogens (primary N) is 2. The van der Waals surface area contributed by atoms with Crippen LogP contribution < -0.4 is 11.5 Å². The summed E-state index contributed by atoms with van der Waals surface area (Å²) in [5, 5.41) is 12.7. The minimum absolute atomic E-state index is 0.128. The van der Waals surface area contributed by atoms with Crippen LogP contribution in [-0.4, -0.2) is 9.97 Å². The first-order valence-electron chi connectivity index (χ1n) is 7.72. The van der Waals surface area contributed by atoms with E-state index in [0.29, 0.717) is 27.2 Å². The molecule has 0 aromatic carbocycles. The predicted octanol–water partition coefficient (Wildman–Crippen LogP) is 4.24. The molecule has 1 aliphatic carbocycles. The van der Waals surface area contributed by atoms with Crippen molar-refractivity contribution in [3.05, 3.63) is 45.8 Å². The topological polar surface area (TPSA) is 106 Å². The Morgan fingerprint density at radius 1 is 1.40 bits per heavy atom. The summed E-state index contributed by atoms with van der Waals surface area (Å²) in [5.41, 5.74) is 14.1. The number of thiazole rings is 1. The SMILES string of the molecule is [C-]#[N+]c1c(N)nc(SCc2csc(N)n2)c(C#N)c1C1CC=CCC1. The van der Waals surface area contributed by atoms with Crippen molar-refractivity contribution in [3.63, 3.8) is 0 Å². The molecule has 0 saturated carbocycles. The second-order valence-corrected chi connectivity index (χ2v) is 7.46. The zero-order valence-electron chi connectivity index (χ0n) is 13.4. The van der Waals surface area contributed by atoms with Gasteiger partial charge in [0.1, 0.15) is 16.9 Å². The van der Waals surface area contributed by atoms with E-state index in [0.717, 1.165) is 30.5 Å². The van der Waals surface area contributed by atoms with Gasteiger partial charge in [-0.3, -0.25) is 0 Å². The molecule has 4 N–H and O–H groups in total. The predicted molar refractivity (Wildman–Crippen MR) is 101 cm³/mol. The van der Waals surface area contributed by atoms with E-state index in [1.807, 2.05) is 5.38 Å². The summed E-state index contributed by atoms with van der Waals surface area (Å²) in [6.45, 7) is 7.47. The Bertz CT molecular complexity index is 903. The molecule has 126 valence electrons. The zero-order chi connectivity index (χ0) is 17.8. The van der Waals surface area contributed by atoms with Gasteiger partial charge >= 0.3 is 0 Å². The second-order valence-electron chi connectivity index (χ2n) is 5.61. The summed E-state index contributed by atoms with van der Waals surface area (Å²) in [4.78, 5) is 12.1. The maximum atomic E-state index is 9.74. The molecule has 0 aliphatic heterocycles. The zero-order valence-corrected chi connectivity index (χ0v) is 15.0. The lowest BCUT2D eigenvalue weighted by atomic mass is 9.85. The molecule has 3 rings (SSSR count). The number of pyridine rings is 1. The third-order valence-electron chi connectivity index (χ3n) is 4.03. The van der Waals surface area contributed by atoms with Crippen LogP contribution in [0.1, 0.15) is 42.0 Å². The van der Waals surface area contributed by atoms with Crippen molar-refractivity contribution in [2.24, 2.45) is 0 Å². The third-order valence-corrected chi connectivity index (χ3v) is 5.76. The molecule has 1 unspecified atom stereocenters. The van der Waals surface area contributed by atoms with Gasteiger partial charge < -0.3 is 11.5 Å². The second kappa shape index (κ2) is 7.56. The van der Waals surface area contributed by atoms with Gasteiger partial charge in [0, 0.05) is 11.1 Å². The molecule has 6 nitrogen and oxygen atoms in total. The number of nitrogens with zero attached hydrogens (tertiary/aromatic N) is 4. The Labute approximate surface area is 154 Å². The van der Waals surface area contributed by atoms with Crippen LogP contribution in [0.15, 0.2) is 22.6 Å². The first kappa shape index (κ1) is 17.3. The standard InChI is InChI=1S/C17H16N6S2/c1-21-14-13(10-5-3-2-4-6-10)12(7-18)16(23-15(14)19)24-8-11-9-25-17(20)22-11/h2-3,9-10H,4-6,8H2,(H2,19,23)(H2,20,22). The monoisotopic (exact) mass is 368 g/mol. The van der Waals surface area contributed by atoms with Gasteiger partial charge in [-0.1, -0.05) is 23.9 Å². The van der Waals surface area contributed by atoms with Gasteiger partial charge in [0.05, 0.1) is 17.8 Å². The largest absolute Gasteiger partial charge is 0.392 e. The number of hydrogen-bond acceptors (Lipinski definition) is 7. The van der Waals surface area contributed by atoms with Gasteiger partial charge in [-0.2, -0.15) is 5.26 Å². The molecule has 0 amide bonds. The Kier molecular flexibility index (Phi) is 5.22. The fourth-order valence-corrected chi connectivity index (χ4v) is 4.47. The minimum atomic E-state index is 0.128. The number of anilines is 2. The number of aromatic nitrogens is 2. The molecule has 0 fully saturated rings. The first-order chi connectivity index (χ1) is 12.1. The molecule has 1 atom stereocenters. The highest BCUT2D eigenvalue weighted by Gasteiger charge is 2.25. The van der Waals surface area contributed by atoms with Crippen molar-refractivity contribution >= 4 is 39.7 Å². The van der Waals surface area contributed by atoms with E-state index < -0.39 is 0 Å². The molecule has 2 aromatic heterocycles. The number of nitrogen functional groups attached to an aromatic ring is 2. The van der Waals surface area contributed by atoms with Crippen LogP contribution in [0.5, 0.6) is 0 Å². The summed E-state index contributed by atoms with van der Waals surface area (Å²) < 4.78 is 0. The number of thioether (sulfide) groups is 1. The molecule has 0 radical (unpaired) electrons. The highest BCUT2D eigenvalue weighted by atomic mass is 32.2. The van der Waals surface area contributed by atoms with Gasteiger partial charge in [0.2, 0.25) is 5.69 Å². The van der Waals surface area contributed by atoms with E-state index in [1.165, 1.54) is 23.1 Å². The van der Waals surface area contributed by atoms with Crippen LogP contribution in [-0.2, 0) is 5.75 Å². The molecule has 0 bridgehead atoms. The Morgan fingerprint density at radius 2 is 2.24 bits per heavy atom.